The van der Waals surface area contributed by atoms with Gasteiger partial charge in [0.2, 0.25) is 0 Å². The lowest BCUT2D eigenvalue weighted by Gasteiger charge is -2.14. The van der Waals surface area contributed by atoms with Gasteiger partial charge in [0.25, 0.3) is 0 Å². The van der Waals surface area contributed by atoms with Crippen LogP contribution >= 0.6 is 11.6 Å². The summed E-state index contributed by atoms with van der Waals surface area (Å²) in [6, 6.07) is 11.1. The summed E-state index contributed by atoms with van der Waals surface area (Å²) in [5.74, 6) is 0. The highest BCUT2D eigenvalue weighted by atomic mass is 35.5. The van der Waals surface area contributed by atoms with E-state index in [0.29, 0.717) is 5.02 Å². The van der Waals surface area contributed by atoms with Gasteiger partial charge in [-0.1, -0.05) is 29.8 Å². The molecule has 0 aliphatic carbocycles. The standard InChI is InChI=1S/C14H14ClNO/c1-9-6-7-13(10(2)16-9)14(17)11-4-3-5-12(15)8-11/h3-8,14,17H,1-2H3. The third-order valence-corrected chi connectivity index (χ3v) is 2.96. The number of halogens is 1. The minimum atomic E-state index is -0.679. The van der Waals surface area contributed by atoms with Gasteiger partial charge >= 0.3 is 0 Å². The molecule has 0 amide bonds. The van der Waals surface area contributed by atoms with Crippen LogP contribution in [0.2, 0.25) is 5.02 Å². The molecule has 0 aliphatic rings. The van der Waals surface area contributed by atoms with E-state index in [4.69, 9.17) is 11.6 Å². The molecular weight excluding hydrogens is 234 g/mol. The molecule has 0 fully saturated rings. The molecule has 1 aromatic carbocycles. The van der Waals surface area contributed by atoms with E-state index in [1.54, 1.807) is 12.1 Å². The lowest BCUT2D eigenvalue weighted by molar-refractivity contribution is 0.219. The maximum atomic E-state index is 10.3. The van der Waals surface area contributed by atoms with Crippen molar-refractivity contribution in [1.82, 2.24) is 4.98 Å². The molecule has 1 N–H and O–H groups in total. The Balaban J connectivity index is 2.40. The lowest BCUT2D eigenvalue weighted by atomic mass is 10.0. The van der Waals surface area contributed by atoms with E-state index in [1.807, 2.05) is 38.1 Å². The Morgan fingerprint density at radius 2 is 1.94 bits per heavy atom. The summed E-state index contributed by atoms with van der Waals surface area (Å²) in [7, 11) is 0. The van der Waals surface area contributed by atoms with Gasteiger partial charge in [-0.2, -0.15) is 0 Å². The van der Waals surface area contributed by atoms with Crippen molar-refractivity contribution in [2.75, 3.05) is 0 Å². The van der Waals surface area contributed by atoms with Crippen molar-refractivity contribution in [2.45, 2.75) is 20.0 Å². The normalized spacial score (nSPS) is 12.5. The van der Waals surface area contributed by atoms with Crippen LogP contribution in [0.4, 0.5) is 0 Å². The highest BCUT2D eigenvalue weighted by molar-refractivity contribution is 6.30. The predicted octanol–water partition coefficient (Wildman–Crippen LogP) is 3.43. The minimum Gasteiger partial charge on any atom is -0.384 e. The van der Waals surface area contributed by atoms with Crippen molar-refractivity contribution in [3.63, 3.8) is 0 Å². The van der Waals surface area contributed by atoms with Crippen LogP contribution in [0.15, 0.2) is 36.4 Å². The zero-order chi connectivity index (χ0) is 12.4. The number of nitrogens with zero attached hydrogens (tertiary/aromatic N) is 1. The average molecular weight is 248 g/mol. The highest BCUT2D eigenvalue weighted by Crippen LogP contribution is 2.25. The number of aromatic nitrogens is 1. The fraction of sp³-hybridized carbons (Fsp3) is 0.214. The predicted molar refractivity (Wildman–Crippen MR) is 69.2 cm³/mol. The van der Waals surface area contributed by atoms with E-state index < -0.39 is 6.10 Å². The quantitative estimate of drug-likeness (QED) is 0.882. The van der Waals surface area contributed by atoms with E-state index in [9.17, 15) is 5.11 Å². The van der Waals surface area contributed by atoms with Gasteiger partial charge in [-0.05, 0) is 37.6 Å². The van der Waals surface area contributed by atoms with Crippen LogP contribution in [0, 0.1) is 13.8 Å². The van der Waals surface area contributed by atoms with Gasteiger partial charge in [-0.15, -0.1) is 0 Å². The van der Waals surface area contributed by atoms with Gasteiger partial charge in [-0.3, -0.25) is 4.98 Å². The molecule has 0 spiro atoms. The first-order chi connectivity index (χ1) is 8.08. The van der Waals surface area contributed by atoms with Gasteiger partial charge in [0, 0.05) is 22.0 Å². The second-order valence-electron chi connectivity index (χ2n) is 4.08. The molecule has 3 heteroatoms. The summed E-state index contributed by atoms with van der Waals surface area (Å²) >= 11 is 5.91. The fourth-order valence-corrected chi connectivity index (χ4v) is 2.04. The van der Waals surface area contributed by atoms with Crippen LogP contribution in [-0.2, 0) is 0 Å². The molecule has 17 heavy (non-hydrogen) atoms. The highest BCUT2D eigenvalue weighted by Gasteiger charge is 2.13. The maximum absolute atomic E-state index is 10.3. The first-order valence-electron chi connectivity index (χ1n) is 5.45. The molecule has 0 aliphatic heterocycles. The van der Waals surface area contributed by atoms with E-state index >= 15 is 0 Å². The SMILES string of the molecule is Cc1ccc(C(O)c2cccc(Cl)c2)c(C)n1. The van der Waals surface area contributed by atoms with Gasteiger partial charge in [0.1, 0.15) is 6.10 Å². The van der Waals surface area contributed by atoms with E-state index in [0.717, 1.165) is 22.5 Å². The third-order valence-electron chi connectivity index (χ3n) is 2.72. The molecule has 88 valence electrons. The third kappa shape index (κ3) is 2.65. The van der Waals surface area contributed by atoms with Gasteiger partial charge in [0.05, 0.1) is 0 Å². The summed E-state index contributed by atoms with van der Waals surface area (Å²) in [6.45, 7) is 3.83. The zero-order valence-electron chi connectivity index (χ0n) is 9.81. The van der Waals surface area contributed by atoms with Crippen LogP contribution < -0.4 is 0 Å². The molecule has 0 radical (unpaired) electrons. The van der Waals surface area contributed by atoms with Crippen LogP contribution in [0.5, 0.6) is 0 Å². The molecule has 1 heterocycles. The number of aliphatic hydroxyl groups is 1. The second kappa shape index (κ2) is 4.86. The number of hydrogen-bond donors (Lipinski definition) is 1. The van der Waals surface area contributed by atoms with Crippen molar-refractivity contribution in [3.8, 4) is 0 Å². The molecule has 1 aromatic heterocycles. The first kappa shape index (κ1) is 12.1. The second-order valence-corrected chi connectivity index (χ2v) is 4.52. The molecule has 1 atom stereocenters. The Kier molecular flexibility index (Phi) is 3.46. The molecule has 2 rings (SSSR count). The fourth-order valence-electron chi connectivity index (χ4n) is 1.84. The Labute approximate surface area is 106 Å². The van der Waals surface area contributed by atoms with Crippen molar-refractivity contribution >= 4 is 11.6 Å². The number of benzene rings is 1. The summed E-state index contributed by atoms with van der Waals surface area (Å²) in [5, 5.41) is 10.9. The monoisotopic (exact) mass is 247 g/mol. The van der Waals surface area contributed by atoms with Crippen molar-refractivity contribution in [3.05, 3.63) is 63.9 Å². The Bertz CT molecular complexity index is 539. The average Bonchev–Trinajstić information content (AvgIpc) is 2.28. The number of hydrogen-bond acceptors (Lipinski definition) is 2. The molecule has 0 saturated carbocycles. The van der Waals surface area contributed by atoms with Gasteiger partial charge < -0.3 is 5.11 Å². The van der Waals surface area contributed by atoms with Crippen LogP contribution in [-0.4, -0.2) is 10.1 Å². The summed E-state index contributed by atoms with van der Waals surface area (Å²) in [5.41, 5.74) is 3.39. The van der Waals surface area contributed by atoms with Gasteiger partial charge in [-0.25, -0.2) is 0 Å². The Morgan fingerprint density at radius 1 is 1.18 bits per heavy atom. The molecule has 1 unspecified atom stereocenters. The summed E-state index contributed by atoms with van der Waals surface area (Å²) < 4.78 is 0. The first-order valence-corrected chi connectivity index (χ1v) is 5.83. The van der Waals surface area contributed by atoms with E-state index in [1.165, 1.54) is 0 Å². The molecule has 0 saturated heterocycles. The Hall–Kier alpha value is -1.38. The summed E-state index contributed by atoms with van der Waals surface area (Å²) in [4.78, 5) is 4.35. The number of aliphatic hydroxyl groups excluding tert-OH is 1. The van der Waals surface area contributed by atoms with E-state index in [-0.39, 0.29) is 0 Å². The molecule has 0 bridgehead atoms. The minimum absolute atomic E-state index is 0.624. The van der Waals surface area contributed by atoms with Crippen LogP contribution in [0.25, 0.3) is 0 Å². The number of pyridine rings is 1. The smallest absolute Gasteiger partial charge is 0.106 e. The maximum Gasteiger partial charge on any atom is 0.106 e. The summed E-state index contributed by atoms with van der Waals surface area (Å²) in [6.07, 6.45) is -0.679. The molecule has 2 nitrogen and oxygen atoms in total. The zero-order valence-corrected chi connectivity index (χ0v) is 10.6. The Morgan fingerprint density at radius 3 is 2.59 bits per heavy atom. The lowest BCUT2D eigenvalue weighted by Crippen LogP contribution is -2.04. The van der Waals surface area contributed by atoms with Crippen molar-refractivity contribution in [2.24, 2.45) is 0 Å². The van der Waals surface area contributed by atoms with E-state index in [2.05, 4.69) is 4.98 Å². The van der Waals surface area contributed by atoms with Crippen molar-refractivity contribution < 1.29 is 5.11 Å². The van der Waals surface area contributed by atoms with Crippen molar-refractivity contribution in [1.29, 1.82) is 0 Å². The van der Waals surface area contributed by atoms with Gasteiger partial charge in [0.15, 0.2) is 0 Å². The number of aryl methyl sites for hydroxylation is 2. The topological polar surface area (TPSA) is 33.1 Å². The molecule has 2 aromatic rings. The molecular formula is C14H14ClNO. The van der Waals surface area contributed by atoms with Crippen LogP contribution in [0.1, 0.15) is 28.6 Å². The number of rotatable bonds is 2. The largest absolute Gasteiger partial charge is 0.384 e. The van der Waals surface area contributed by atoms with Crippen LogP contribution in [0.3, 0.4) is 0 Å².